The van der Waals surface area contributed by atoms with E-state index in [1.54, 1.807) is 20.8 Å². The van der Waals surface area contributed by atoms with E-state index < -0.39 is 52.3 Å². The van der Waals surface area contributed by atoms with Gasteiger partial charge in [0, 0.05) is 5.92 Å². The van der Waals surface area contributed by atoms with E-state index in [0.29, 0.717) is 29.9 Å². The molecule has 8 heteroatoms. The van der Waals surface area contributed by atoms with Crippen LogP contribution in [0.3, 0.4) is 0 Å². The van der Waals surface area contributed by atoms with Crippen molar-refractivity contribution >= 4 is 17.7 Å². The van der Waals surface area contributed by atoms with Crippen LogP contribution < -0.4 is 0 Å². The molecule has 8 nitrogen and oxygen atoms in total. The molecule has 5 aliphatic carbocycles. The summed E-state index contributed by atoms with van der Waals surface area (Å²) in [6, 6.07) is 0. The first-order valence-electron chi connectivity index (χ1n) is 13.5. The Morgan fingerprint density at radius 3 is 2.43 bits per heavy atom. The average molecular weight is 515 g/mol. The summed E-state index contributed by atoms with van der Waals surface area (Å²) in [5.74, 6) is -2.53. The Labute approximate surface area is 217 Å². The zero-order valence-electron chi connectivity index (χ0n) is 22.8. The van der Waals surface area contributed by atoms with E-state index in [-0.39, 0.29) is 29.6 Å². The van der Waals surface area contributed by atoms with Crippen LogP contribution in [0.2, 0.25) is 0 Å². The highest BCUT2D eigenvalue weighted by Crippen LogP contribution is 2.72. The van der Waals surface area contributed by atoms with E-state index in [2.05, 4.69) is 13.8 Å². The molecule has 1 saturated heterocycles. The lowest BCUT2D eigenvalue weighted by Crippen LogP contribution is -2.68. The molecule has 1 aliphatic heterocycles. The molecule has 0 aromatic carbocycles. The third-order valence-corrected chi connectivity index (χ3v) is 10.6. The molecule has 2 unspecified atom stereocenters. The summed E-state index contributed by atoms with van der Waals surface area (Å²) >= 11 is 0. The largest absolute Gasteiger partial charge is 0.468 e. The summed E-state index contributed by atoms with van der Waals surface area (Å²) < 4.78 is 23.4. The molecule has 0 amide bonds. The number of ketones is 1. The van der Waals surface area contributed by atoms with Crippen molar-refractivity contribution in [1.29, 1.82) is 0 Å². The Kier molecular flexibility index (Phi) is 5.00. The summed E-state index contributed by atoms with van der Waals surface area (Å²) in [6.45, 7) is 12.0. The van der Waals surface area contributed by atoms with Crippen molar-refractivity contribution in [3.8, 4) is 0 Å². The second-order valence-corrected chi connectivity index (χ2v) is 13.4. The highest BCUT2D eigenvalue weighted by molar-refractivity contribution is 6.03. The van der Waals surface area contributed by atoms with E-state index in [1.807, 2.05) is 19.1 Å². The van der Waals surface area contributed by atoms with E-state index in [0.717, 1.165) is 6.42 Å². The van der Waals surface area contributed by atoms with Crippen LogP contribution in [0.1, 0.15) is 60.8 Å². The number of methoxy groups -OCH3 is 1. The Balaban J connectivity index is 1.51. The van der Waals surface area contributed by atoms with Gasteiger partial charge in [0.1, 0.15) is 6.10 Å². The normalized spacial score (nSPS) is 45.6. The number of fused-ring (bicyclic) bond motifs is 5. The number of Topliss-reactive ketones (excluding diaryl/α,β-unsaturated/α-hetero) is 1. The number of carbonyl (C=O) groups is 3. The van der Waals surface area contributed by atoms with Crippen molar-refractivity contribution in [1.82, 2.24) is 0 Å². The highest BCUT2D eigenvalue weighted by Gasteiger charge is 2.77. The molecular weight excluding hydrogens is 476 g/mol. The maximum atomic E-state index is 14.7. The van der Waals surface area contributed by atoms with Crippen LogP contribution >= 0.6 is 0 Å². The quantitative estimate of drug-likeness (QED) is 0.348. The minimum absolute atomic E-state index is 0.0168. The van der Waals surface area contributed by atoms with Crippen molar-refractivity contribution < 1.29 is 38.4 Å². The van der Waals surface area contributed by atoms with Crippen LogP contribution in [-0.2, 0) is 33.3 Å². The Bertz CT molecular complexity index is 1160. The zero-order valence-corrected chi connectivity index (χ0v) is 22.8. The summed E-state index contributed by atoms with van der Waals surface area (Å²) in [7, 11) is 1.25. The molecule has 6 rings (SSSR count). The monoisotopic (exact) mass is 514 g/mol. The molecule has 0 radical (unpaired) electrons. The number of carbonyl (C=O) groups excluding carboxylic acids is 3. The molecule has 1 N–H and O–H groups in total. The van der Waals surface area contributed by atoms with Gasteiger partial charge in [0.05, 0.1) is 19.1 Å². The van der Waals surface area contributed by atoms with E-state index >= 15 is 0 Å². The molecule has 6 aliphatic rings. The van der Waals surface area contributed by atoms with Crippen molar-refractivity contribution in [2.75, 3.05) is 13.7 Å². The summed E-state index contributed by atoms with van der Waals surface area (Å²) in [4.78, 5) is 40.6. The molecule has 1 heterocycles. The number of esters is 2. The fourth-order valence-electron chi connectivity index (χ4n) is 8.33. The van der Waals surface area contributed by atoms with Crippen LogP contribution in [0.15, 0.2) is 23.3 Å². The Hall–Kier alpha value is -2.03. The summed E-state index contributed by atoms with van der Waals surface area (Å²) in [5.41, 5.74) is -3.24. The molecule has 37 heavy (non-hydrogen) atoms. The van der Waals surface area contributed by atoms with Gasteiger partial charge in [-0.3, -0.25) is 14.4 Å². The first-order valence-corrected chi connectivity index (χ1v) is 13.5. The molecule has 0 aromatic heterocycles. The van der Waals surface area contributed by atoms with Crippen LogP contribution in [0, 0.1) is 39.9 Å². The number of hydrogen-bond acceptors (Lipinski definition) is 8. The third-order valence-electron chi connectivity index (χ3n) is 10.6. The second-order valence-electron chi connectivity index (χ2n) is 13.4. The first-order chi connectivity index (χ1) is 17.2. The minimum atomic E-state index is -1.89. The fourth-order valence-corrected chi connectivity index (χ4v) is 8.33. The van der Waals surface area contributed by atoms with Gasteiger partial charge >= 0.3 is 11.9 Å². The van der Waals surface area contributed by atoms with Crippen LogP contribution in [0.4, 0.5) is 0 Å². The van der Waals surface area contributed by atoms with Crippen LogP contribution in [-0.4, -0.2) is 60.1 Å². The van der Waals surface area contributed by atoms with Crippen molar-refractivity contribution in [3.05, 3.63) is 23.3 Å². The van der Waals surface area contributed by atoms with Gasteiger partial charge in [0.25, 0.3) is 0 Å². The lowest BCUT2D eigenvalue weighted by Gasteiger charge is -2.52. The topological polar surface area (TPSA) is 108 Å². The summed E-state index contributed by atoms with van der Waals surface area (Å²) in [6.07, 6.45) is 3.18. The second kappa shape index (κ2) is 7.33. The number of ether oxygens (including phenoxy) is 4. The van der Waals surface area contributed by atoms with Crippen molar-refractivity contribution in [3.63, 3.8) is 0 Å². The number of hydrogen-bond donors (Lipinski definition) is 1. The van der Waals surface area contributed by atoms with Crippen LogP contribution in [0.25, 0.3) is 0 Å². The number of rotatable bonds is 3. The maximum absolute atomic E-state index is 14.7. The van der Waals surface area contributed by atoms with E-state index in [4.69, 9.17) is 18.9 Å². The smallest absolute Gasteiger partial charge is 0.324 e. The maximum Gasteiger partial charge on any atom is 0.324 e. The van der Waals surface area contributed by atoms with Crippen molar-refractivity contribution in [2.24, 2.45) is 39.9 Å². The minimum Gasteiger partial charge on any atom is -0.468 e. The van der Waals surface area contributed by atoms with Gasteiger partial charge in [0.2, 0.25) is 0 Å². The average Bonchev–Trinajstić information content (AvgIpc) is 3.72. The van der Waals surface area contributed by atoms with Gasteiger partial charge < -0.3 is 24.1 Å². The predicted molar refractivity (Wildman–Crippen MR) is 131 cm³/mol. The Morgan fingerprint density at radius 1 is 1.14 bits per heavy atom. The van der Waals surface area contributed by atoms with Gasteiger partial charge in [-0.05, 0) is 74.3 Å². The first kappa shape index (κ1) is 25.3. The van der Waals surface area contributed by atoms with Crippen molar-refractivity contribution in [2.45, 2.75) is 84.4 Å². The molecule has 1 spiro atoms. The van der Waals surface area contributed by atoms with Gasteiger partial charge in [-0.25, -0.2) is 0 Å². The number of allylic oxidation sites excluding steroid dienone is 1. The standard InChI is InChI=1S/C29H38O8/c1-14-12-28-15(2)10-18-19(25(18,3)4)17(20(28)30)11-16-13-35-26(5,6)37-22(16)29(28,33)21(14)36-24(32)27(8-9-27)23(31)34-7/h11-12,15,17-19,21-22,33H,8-10,13H2,1-7H3/t15-,17+,18-,19?,21+,22?,28+,29-/m1/s1. The highest BCUT2D eigenvalue weighted by atomic mass is 16.7. The SMILES string of the molecule is COC(=O)C1(C(=O)O[C@H]2C(C)=C[C@]34C(=O)[C@@H](C=C5COC(C)(C)OC5[C@]23O)C2[C@@H](C[C@H]4C)C2(C)C)CC1. The lowest BCUT2D eigenvalue weighted by molar-refractivity contribution is -0.304. The summed E-state index contributed by atoms with van der Waals surface area (Å²) in [5, 5.41) is 13.0. The lowest BCUT2D eigenvalue weighted by atomic mass is 9.59. The van der Waals surface area contributed by atoms with Crippen LogP contribution in [0.5, 0.6) is 0 Å². The fraction of sp³-hybridized carbons (Fsp3) is 0.759. The molecule has 2 bridgehead atoms. The molecule has 202 valence electrons. The Morgan fingerprint density at radius 2 is 1.81 bits per heavy atom. The molecule has 8 atom stereocenters. The van der Waals surface area contributed by atoms with Gasteiger partial charge in [-0.15, -0.1) is 0 Å². The van der Waals surface area contributed by atoms with Gasteiger partial charge in [-0.1, -0.05) is 32.9 Å². The zero-order chi connectivity index (χ0) is 26.9. The van der Waals surface area contributed by atoms with E-state index in [9.17, 15) is 19.5 Å². The third kappa shape index (κ3) is 2.98. The molecule has 3 saturated carbocycles. The van der Waals surface area contributed by atoms with Gasteiger partial charge in [0.15, 0.2) is 28.7 Å². The van der Waals surface area contributed by atoms with E-state index in [1.165, 1.54) is 7.11 Å². The molecule has 4 fully saturated rings. The van der Waals surface area contributed by atoms with Gasteiger partial charge in [-0.2, -0.15) is 0 Å². The predicted octanol–water partition coefficient (Wildman–Crippen LogP) is 3.12. The molecule has 0 aromatic rings. The molecular formula is C29H38O8. The number of aliphatic hydroxyl groups is 1.